The van der Waals surface area contributed by atoms with Crippen LogP contribution in [0.5, 0.6) is 11.5 Å². The average molecular weight is 344 g/mol. The fraction of sp³-hybridized carbons (Fsp3) is 0.273. The molecule has 0 amide bonds. The van der Waals surface area contributed by atoms with Gasteiger partial charge in [-0.25, -0.2) is 0 Å². The number of ether oxygens (including phenoxy) is 1. The molecule has 0 saturated carbocycles. The number of aliphatic imine (C=N–C) groups is 1. The van der Waals surface area contributed by atoms with Crippen molar-refractivity contribution in [1.82, 2.24) is 4.90 Å². The lowest BCUT2D eigenvalue weighted by atomic mass is 9.76. The van der Waals surface area contributed by atoms with Crippen LogP contribution in [0, 0.1) is 11.3 Å². The minimum atomic E-state index is -0.696. The Hall–Kier alpha value is -3.15. The molecule has 0 radical (unpaired) electrons. The molecule has 4 nitrogen and oxygen atoms in total. The molecular weight excluding hydrogens is 322 g/mol. The molecule has 0 bridgehead atoms. The molecule has 0 fully saturated rings. The molecule has 4 heteroatoms. The number of hydrogen-bond donors (Lipinski definition) is 0. The minimum Gasteiger partial charge on any atom is -0.457 e. The van der Waals surface area contributed by atoms with Gasteiger partial charge in [0.1, 0.15) is 16.9 Å². The molecule has 1 heterocycles. The van der Waals surface area contributed by atoms with Gasteiger partial charge in [-0.05, 0) is 29.6 Å². The van der Waals surface area contributed by atoms with E-state index in [4.69, 9.17) is 4.74 Å². The van der Waals surface area contributed by atoms with Crippen LogP contribution in [0.3, 0.4) is 0 Å². The number of hydrogen-bond acceptors (Lipinski definition) is 4. The first-order chi connectivity index (χ1) is 12.8. The van der Waals surface area contributed by atoms with E-state index in [2.05, 4.69) is 24.3 Å². The summed E-state index contributed by atoms with van der Waals surface area (Å²) in [4.78, 5) is 5.85. The summed E-state index contributed by atoms with van der Waals surface area (Å²) < 4.78 is 6.13. The highest BCUT2D eigenvalue weighted by atomic mass is 16.5. The van der Waals surface area contributed by atoms with Crippen molar-refractivity contribution in [3.63, 3.8) is 0 Å². The zero-order valence-electron chi connectivity index (χ0n) is 14.9. The van der Waals surface area contributed by atoms with Crippen molar-refractivity contribution in [2.45, 2.75) is 31.6 Å². The number of unbranched alkanes of at least 4 members (excludes halogenated alkanes) is 1. The van der Waals surface area contributed by atoms with Crippen LogP contribution >= 0.6 is 0 Å². The van der Waals surface area contributed by atoms with E-state index in [-0.39, 0.29) is 0 Å². The van der Waals surface area contributed by atoms with Gasteiger partial charge in [-0.1, -0.05) is 56.2 Å². The molecule has 2 aromatic carbocycles. The Morgan fingerprint density at radius 2 is 1.92 bits per heavy atom. The number of benzene rings is 2. The molecule has 130 valence electrons. The molecule has 1 aliphatic heterocycles. The van der Waals surface area contributed by atoms with Gasteiger partial charge in [-0.2, -0.15) is 10.2 Å². The molecule has 0 aliphatic carbocycles. The fourth-order valence-electron chi connectivity index (χ4n) is 3.13. The maximum absolute atomic E-state index is 10.2. The first-order valence-electron chi connectivity index (χ1n) is 8.90. The average Bonchev–Trinajstić information content (AvgIpc) is 3.19. The number of para-hydroxylation sites is 2. The van der Waals surface area contributed by atoms with E-state index in [1.165, 1.54) is 0 Å². The summed E-state index contributed by atoms with van der Waals surface area (Å²) in [6, 6.07) is 20.1. The Labute approximate surface area is 155 Å². The SMILES string of the molecule is CCCCC(C#N)(CN1[C+]=NC=C1)c1ccccc1Oc1ccccc1. The summed E-state index contributed by atoms with van der Waals surface area (Å²) in [7, 11) is 0. The van der Waals surface area contributed by atoms with Crippen LogP contribution in [0.2, 0.25) is 0 Å². The summed E-state index contributed by atoms with van der Waals surface area (Å²) in [6.07, 6.45) is 9.19. The molecular formula is C22H22N3O+. The molecule has 0 aromatic heterocycles. The van der Waals surface area contributed by atoms with Crippen LogP contribution in [0.1, 0.15) is 31.7 Å². The lowest BCUT2D eigenvalue weighted by Gasteiger charge is -2.29. The molecule has 0 spiro atoms. The molecule has 1 unspecified atom stereocenters. The van der Waals surface area contributed by atoms with Crippen LogP contribution in [0.25, 0.3) is 0 Å². The Kier molecular flexibility index (Phi) is 5.63. The van der Waals surface area contributed by atoms with Crippen LogP contribution in [-0.4, -0.2) is 17.8 Å². The van der Waals surface area contributed by atoms with Crippen molar-refractivity contribution in [3.05, 3.63) is 72.6 Å². The lowest BCUT2D eigenvalue weighted by molar-refractivity contribution is 0.375. The third-order valence-corrected chi connectivity index (χ3v) is 4.49. The molecule has 0 N–H and O–H groups in total. The van der Waals surface area contributed by atoms with Gasteiger partial charge in [-0.15, -0.1) is 0 Å². The Bertz CT molecular complexity index is 811. The largest absolute Gasteiger partial charge is 0.457 e. The summed E-state index contributed by atoms with van der Waals surface area (Å²) in [5.74, 6) is 1.48. The molecule has 2 aromatic rings. The van der Waals surface area contributed by atoms with Crippen molar-refractivity contribution in [1.29, 1.82) is 5.26 Å². The smallest absolute Gasteiger partial charge is 0.255 e. The van der Waals surface area contributed by atoms with Gasteiger partial charge in [0.15, 0.2) is 6.20 Å². The Morgan fingerprint density at radius 1 is 1.15 bits per heavy atom. The molecule has 3 rings (SSSR count). The van der Waals surface area contributed by atoms with Gasteiger partial charge in [-0.3, -0.25) is 0 Å². The monoisotopic (exact) mass is 344 g/mol. The Morgan fingerprint density at radius 3 is 2.62 bits per heavy atom. The summed E-state index contributed by atoms with van der Waals surface area (Å²) in [5, 5.41) is 10.2. The van der Waals surface area contributed by atoms with Crippen LogP contribution < -0.4 is 4.74 Å². The number of nitrogens with zero attached hydrogens (tertiary/aromatic N) is 3. The van der Waals surface area contributed by atoms with Crippen molar-refractivity contribution in [2.24, 2.45) is 4.99 Å². The zero-order valence-corrected chi connectivity index (χ0v) is 14.9. The third-order valence-electron chi connectivity index (χ3n) is 4.49. The van der Waals surface area contributed by atoms with Crippen LogP contribution in [-0.2, 0) is 5.41 Å². The second-order valence-electron chi connectivity index (χ2n) is 6.36. The van der Waals surface area contributed by atoms with Crippen LogP contribution in [0.4, 0.5) is 0 Å². The lowest BCUT2D eigenvalue weighted by Crippen LogP contribution is -2.37. The maximum atomic E-state index is 10.2. The van der Waals surface area contributed by atoms with Gasteiger partial charge >= 0.3 is 0 Å². The summed E-state index contributed by atoms with van der Waals surface area (Å²) >= 11 is 0. The van der Waals surface area contributed by atoms with Crippen molar-refractivity contribution < 1.29 is 4.74 Å². The maximum Gasteiger partial charge on any atom is 0.255 e. The second-order valence-corrected chi connectivity index (χ2v) is 6.36. The van der Waals surface area contributed by atoms with Gasteiger partial charge < -0.3 is 4.74 Å². The second kappa shape index (κ2) is 8.29. The topological polar surface area (TPSA) is 48.6 Å². The number of rotatable bonds is 8. The molecule has 26 heavy (non-hydrogen) atoms. The summed E-state index contributed by atoms with van der Waals surface area (Å²) in [5.41, 5.74) is 0.209. The van der Waals surface area contributed by atoms with Gasteiger partial charge in [0, 0.05) is 5.56 Å². The van der Waals surface area contributed by atoms with E-state index >= 15 is 0 Å². The first kappa shape index (κ1) is 17.7. The quantitative estimate of drug-likeness (QED) is 0.624. The minimum absolute atomic E-state index is 0.499. The standard InChI is InChI=1S/C22H22N3O/c1-2-3-13-22(16-23,17-25-15-14-24-18-25)20-11-7-8-12-21(20)26-19-9-5-4-6-10-19/h4-12,14-15H,2-3,13,17H2,1H3/q+1. The van der Waals surface area contributed by atoms with E-state index in [0.717, 1.165) is 36.3 Å². The summed E-state index contributed by atoms with van der Waals surface area (Å²) in [6.45, 7) is 2.64. The highest BCUT2D eigenvalue weighted by molar-refractivity contribution is 5.61. The van der Waals surface area contributed by atoms with Gasteiger partial charge in [0.05, 0.1) is 12.6 Å². The molecule has 0 saturated heterocycles. The van der Waals surface area contributed by atoms with Crippen molar-refractivity contribution >= 4 is 6.34 Å². The predicted molar refractivity (Wildman–Crippen MR) is 103 cm³/mol. The normalized spacial score (nSPS) is 14.5. The Balaban J connectivity index is 1.98. The highest BCUT2D eigenvalue weighted by Gasteiger charge is 2.38. The highest BCUT2D eigenvalue weighted by Crippen LogP contribution is 2.38. The van der Waals surface area contributed by atoms with E-state index in [9.17, 15) is 5.26 Å². The van der Waals surface area contributed by atoms with E-state index in [0.29, 0.717) is 6.54 Å². The predicted octanol–water partition coefficient (Wildman–Crippen LogP) is 5.12. The zero-order chi connectivity index (χ0) is 18.2. The first-order valence-corrected chi connectivity index (χ1v) is 8.90. The number of nitriles is 1. The van der Waals surface area contributed by atoms with Crippen molar-refractivity contribution in [3.8, 4) is 17.6 Å². The fourth-order valence-corrected chi connectivity index (χ4v) is 3.13. The van der Waals surface area contributed by atoms with E-state index in [1.807, 2.05) is 65.7 Å². The molecule has 1 aliphatic rings. The van der Waals surface area contributed by atoms with Gasteiger partial charge in [0.25, 0.3) is 6.34 Å². The van der Waals surface area contributed by atoms with E-state index in [1.54, 1.807) is 6.20 Å². The third kappa shape index (κ3) is 3.91. The van der Waals surface area contributed by atoms with Crippen LogP contribution in [0.15, 0.2) is 72.0 Å². The van der Waals surface area contributed by atoms with E-state index < -0.39 is 5.41 Å². The van der Waals surface area contributed by atoms with Crippen molar-refractivity contribution in [2.75, 3.05) is 6.54 Å². The molecule has 1 atom stereocenters. The van der Waals surface area contributed by atoms with Gasteiger partial charge in [0.2, 0.25) is 6.20 Å².